The smallest absolute Gasteiger partial charge is 0.0170 e. The lowest BCUT2D eigenvalue weighted by atomic mass is 10.1. The first-order valence-electron chi connectivity index (χ1n) is 6.62. The highest BCUT2D eigenvalue weighted by atomic mass is 32.2. The predicted molar refractivity (Wildman–Crippen MR) is 90.2 cm³/mol. The molecule has 0 bridgehead atoms. The average Bonchev–Trinajstić information content (AvgIpc) is 2.79. The quantitative estimate of drug-likeness (QED) is 0.726. The Hall–Kier alpha value is 1.40. The number of rotatable bonds is 5. The van der Waals surface area contributed by atoms with Crippen molar-refractivity contribution in [1.29, 1.82) is 0 Å². The summed E-state index contributed by atoms with van der Waals surface area (Å²) in [6.45, 7) is 0. The van der Waals surface area contributed by atoms with Crippen molar-refractivity contribution in [3.63, 3.8) is 0 Å². The molecule has 0 saturated carbocycles. The highest BCUT2D eigenvalue weighted by Gasteiger charge is 2.34. The second-order valence-corrected chi connectivity index (χ2v) is 9.92. The minimum absolute atomic E-state index is 0.948. The summed E-state index contributed by atoms with van der Waals surface area (Å²) in [4.78, 5) is 0. The average molecular weight is 309 g/mol. The van der Waals surface area contributed by atoms with E-state index in [9.17, 15) is 0 Å². The third-order valence-electron chi connectivity index (χ3n) is 3.64. The summed E-state index contributed by atoms with van der Waals surface area (Å²) in [6, 6.07) is 0. The van der Waals surface area contributed by atoms with Gasteiger partial charge in [-0.25, -0.2) is 0 Å². The van der Waals surface area contributed by atoms with Crippen LogP contribution in [0, 0.1) is 0 Å². The maximum atomic E-state index is 2.32. The molecule has 0 N–H and O–H groups in total. The van der Waals surface area contributed by atoms with Crippen molar-refractivity contribution >= 4 is 47.0 Å². The van der Waals surface area contributed by atoms with E-state index in [0.717, 1.165) is 21.0 Å². The second kappa shape index (κ2) is 7.86. The maximum Gasteiger partial charge on any atom is 0.0170 e. The zero-order valence-corrected chi connectivity index (χ0v) is 14.2. The van der Waals surface area contributed by atoms with Gasteiger partial charge in [0.15, 0.2) is 0 Å². The van der Waals surface area contributed by atoms with Crippen LogP contribution in [0.15, 0.2) is 0 Å². The lowest BCUT2D eigenvalue weighted by Crippen LogP contribution is -2.26. The molecule has 0 spiro atoms. The van der Waals surface area contributed by atoms with E-state index < -0.39 is 0 Å². The molecule has 2 heterocycles. The lowest BCUT2D eigenvalue weighted by molar-refractivity contribution is 0.594. The molecule has 0 nitrogen and oxygen atoms in total. The van der Waals surface area contributed by atoms with Gasteiger partial charge < -0.3 is 0 Å². The molecule has 0 amide bonds. The molecule has 4 heteroatoms. The van der Waals surface area contributed by atoms with Crippen LogP contribution < -0.4 is 0 Å². The fourth-order valence-corrected chi connectivity index (χ4v) is 8.50. The minimum Gasteiger partial charge on any atom is -0.164 e. The third-order valence-corrected chi connectivity index (χ3v) is 9.11. The van der Waals surface area contributed by atoms with Crippen LogP contribution in [0.2, 0.25) is 0 Å². The van der Waals surface area contributed by atoms with E-state index >= 15 is 0 Å². The first-order chi connectivity index (χ1) is 8.33. The van der Waals surface area contributed by atoms with Crippen LogP contribution in [0.5, 0.6) is 0 Å². The summed E-state index contributed by atoms with van der Waals surface area (Å²) in [5.74, 6) is 2.74. The molecule has 0 aromatic carbocycles. The van der Waals surface area contributed by atoms with Gasteiger partial charge in [-0.2, -0.15) is 47.0 Å². The van der Waals surface area contributed by atoms with E-state index in [1.165, 1.54) is 43.6 Å². The van der Waals surface area contributed by atoms with Gasteiger partial charge in [0.05, 0.1) is 0 Å². The molecule has 2 rings (SSSR count). The van der Waals surface area contributed by atoms with Gasteiger partial charge in [-0.3, -0.25) is 0 Å². The first kappa shape index (κ1) is 14.8. The molecular formula is C13H24S4. The lowest BCUT2D eigenvalue weighted by Gasteiger charge is -2.32. The molecule has 2 aliphatic rings. The Morgan fingerprint density at radius 1 is 0.824 bits per heavy atom. The number of thioether (sulfide) groups is 4. The zero-order valence-electron chi connectivity index (χ0n) is 10.9. The fourth-order valence-electron chi connectivity index (χ4n) is 2.83. The molecular weight excluding hydrogens is 284 g/mol. The predicted octanol–water partition coefficient (Wildman–Crippen LogP) is 4.63. The summed E-state index contributed by atoms with van der Waals surface area (Å²) >= 11 is 8.69. The van der Waals surface area contributed by atoms with Gasteiger partial charge in [0.1, 0.15) is 0 Å². The molecule has 2 aliphatic heterocycles. The van der Waals surface area contributed by atoms with Gasteiger partial charge in [0.25, 0.3) is 0 Å². The highest BCUT2D eigenvalue weighted by molar-refractivity contribution is 8.06. The van der Waals surface area contributed by atoms with Crippen LogP contribution in [-0.2, 0) is 0 Å². The Labute approximate surface area is 124 Å². The third kappa shape index (κ3) is 4.47. The molecule has 17 heavy (non-hydrogen) atoms. The van der Waals surface area contributed by atoms with Crippen molar-refractivity contribution in [2.75, 3.05) is 24.0 Å². The van der Waals surface area contributed by atoms with Crippen LogP contribution >= 0.6 is 47.0 Å². The SMILES string of the molecule is CSCC1CCCC(C2CCC(CSC)S2)S1. The second-order valence-electron chi connectivity index (χ2n) is 5.01. The van der Waals surface area contributed by atoms with E-state index in [2.05, 4.69) is 36.0 Å². The summed E-state index contributed by atoms with van der Waals surface area (Å²) in [6.07, 6.45) is 11.9. The minimum atomic E-state index is 0.948. The van der Waals surface area contributed by atoms with Gasteiger partial charge in [-0.05, 0) is 38.2 Å². The molecule has 0 aromatic heterocycles. The molecule has 4 unspecified atom stereocenters. The number of hydrogen-bond acceptors (Lipinski definition) is 4. The molecule has 2 saturated heterocycles. The van der Waals surface area contributed by atoms with Gasteiger partial charge in [-0.1, -0.05) is 6.42 Å². The molecule has 0 aromatic rings. The summed E-state index contributed by atoms with van der Waals surface area (Å²) < 4.78 is 0. The zero-order chi connectivity index (χ0) is 12.1. The van der Waals surface area contributed by atoms with Crippen LogP contribution in [0.25, 0.3) is 0 Å². The summed E-state index contributed by atoms with van der Waals surface area (Å²) in [5.41, 5.74) is 0. The number of hydrogen-bond donors (Lipinski definition) is 0. The van der Waals surface area contributed by atoms with E-state index in [0.29, 0.717) is 0 Å². The van der Waals surface area contributed by atoms with Gasteiger partial charge >= 0.3 is 0 Å². The Morgan fingerprint density at radius 2 is 1.41 bits per heavy atom. The van der Waals surface area contributed by atoms with E-state index in [4.69, 9.17) is 0 Å². The Kier molecular flexibility index (Phi) is 6.84. The fraction of sp³-hybridized carbons (Fsp3) is 1.00. The van der Waals surface area contributed by atoms with Crippen LogP contribution in [0.1, 0.15) is 32.1 Å². The first-order valence-corrected chi connectivity index (χ1v) is 11.3. The van der Waals surface area contributed by atoms with Crippen molar-refractivity contribution in [3.8, 4) is 0 Å². The normalized spacial score (nSPS) is 38.5. The monoisotopic (exact) mass is 308 g/mol. The van der Waals surface area contributed by atoms with Crippen LogP contribution in [-0.4, -0.2) is 45.0 Å². The van der Waals surface area contributed by atoms with Gasteiger partial charge in [0, 0.05) is 32.5 Å². The maximum absolute atomic E-state index is 2.32. The summed E-state index contributed by atoms with van der Waals surface area (Å²) in [5, 5.41) is 3.85. The molecule has 2 fully saturated rings. The Balaban J connectivity index is 1.78. The van der Waals surface area contributed by atoms with Gasteiger partial charge in [-0.15, -0.1) is 0 Å². The molecule has 4 atom stereocenters. The topological polar surface area (TPSA) is 0 Å². The van der Waals surface area contributed by atoms with Crippen LogP contribution in [0.3, 0.4) is 0 Å². The highest BCUT2D eigenvalue weighted by Crippen LogP contribution is 2.45. The Morgan fingerprint density at radius 3 is 2.06 bits per heavy atom. The van der Waals surface area contributed by atoms with E-state index in [1.807, 2.05) is 23.5 Å². The van der Waals surface area contributed by atoms with Gasteiger partial charge in [0.2, 0.25) is 0 Å². The largest absolute Gasteiger partial charge is 0.164 e. The van der Waals surface area contributed by atoms with Crippen molar-refractivity contribution in [2.24, 2.45) is 0 Å². The van der Waals surface area contributed by atoms with Crippen molar-refractivity contribution in [3.05, 3.63) is 0 Å². The van der Waals surface area contributed by atoms with Crippen LogP contribution in [0.4, 0.5) is 0 Å². The van der Waals surface area contributed by atoms with Crippen molar-refractivity contribution in [2.45, 2.75) is 53.1 Å². The van der Waals surface area contributed by atoms with E-state index in [-0.39, 0.29) is 0 Å². The van der Waals surface area contributed by atoms with Crippen molar-refractivity contribution < 1.29 is 0 Å². The van der Waals surface area contributed by atoms with Crippen molar-refractivity contribution in [1.82, 2.24) is 0 Å². The molecule has 0 aliphatic carbocycles. The Bertz CT molecular complexity index is 219. The molecule has 100 valence electrons. The van der Waals surface area contributed by atoms with E-state index in [1.54, 1.807) is 0 Å². The standard InChI is InChI=1S/C13H24S4/c1-14-8-10-4-3-5-12(16-10)13-7-6-11(17-13)9-15-2/h10-13H,3-9H2,1-2H3. The molecule has 0 radical (unpaired) electrons. The summed E-state index contributed by atoms with van der Waals surface area (Å²) in [7, 11) is 0.